The highest BCUT2D eigenvalue weighted by atomic mass is 127. The Morgan fingerprint density at radius 2 is 1.56 bits per heavy atom. The SMILES string of the molecule is CI.Cc1nc(Nc2nc(-c3c(C)cccc3C)nc3ccccc23)n[nH]1. The van der Waals surface area contributed by atoms with Gasteiger partial charge in [-0.1, -0.05) is 52.9 Å². The summed E-state index contributed by atoms with van der Waals surface area (Å²) in [6, 6.07) is 14.1. The number of aryl methyl sites for hydroxylation is 3. The fourth-order valence-electron chi connectivity index (χ4n) is 2.96. The molecule has 2 heterocycles. The average molecular weight is 472 g/mol. The lowest BCUT2D eigenvalue weighted by Crippen LogP contribution is -2.02. The summed E-state index contributed by atoms with van der Waals surface area (Å²) >= 11 is 2.15. The van der Waals surface area contributed by atoms with E-state index in [1.807, 2.05) is 42.2 Å². The first-order valence-electron chi connectivity index (χ1n) is 8.49. The minimum absolute atomic E-state index is 0.494. The summed E-state index contributed by atoms with van der Waals surface area (Å²) in [5.41, 5.74) is 4.23. The van der Waals surface area contributed by atoms with Gasteiger partial charge in [0.15, 0.2) is 5.82 Å². The molecule has 0 saturated heterocycles. The van der Waals surface area contributed by atoms with Gasteiger partial charge in [0.2, 0.25) is 5.95 Å². The van der Waals surface area contributed by atoms with Crippen molar-refractivity contribution in [3.05, 3.63) is 59.4 Å². The smallest absolute Gasteiger partial charge is 0.247 e. The molecule has 4 aromatic rings. The van der Waals surface area contributed by atoms with E-state index < -0.39 is 0 Å². The maximum Gasteiger partial charge on any atom is 0.247 e. The highest BCUT2D eigenvalue weighted by Crippen LogP contribution is 2.29. The summed E-state index contributed by atoms with van der Waals surface area (Å²) in [4.78, 5) is 15.8. The van der Waals surface area contributed by atoms with Crippen molar-refractivity contribution in [2.45, 2.75) is 20.8 Å². The number of fused-ring (bicyclic) bond motifs is 1. The van der Waals surface area contributed by atoms with E-state index >= 15 is 0 Å². The monoisotopic (exact) mass is 472 g/mol. The molecule has 7 heteroatoms. The van der Waals surface area contributed by atoms with Crippen molar-refractivity contribution in [3.63, 3.8) is 0 Å². The predicted octanol–water partition coefficient (Wildman–Crippen LogP) is 5.13. The Balaban J connectivity index is 0.00000102. The van der Waals surface area contributed by atoms with E-state index in [-0.39, 0.29) is 0 Å². The first-order valence-corrected chi connectivity index (χ1v) is 10.6. The van der Waals surface area contributed by atoms with E-state index in [1.54, 1.807) is 0 Å². The van der Waals surface area contributed by atoms with Gasteiger partial charge in [-0.05, 0) is 49.0 Å². The van der Waals surface area contributed by atoms with Crippen LogP contribution in [0.3, 0.4) is 0 Å². The van der Waals surface area contributed by atoms with Gasteiger partial charge in [0.05, 0.1) is 5.52 Å². The molecule has 0 amide bonds. The van der Waals surface area contributed by atoms with Crippen LogP contribution in [0, 0.1) is 20.8 Å². The normalized spacial score (nSPS) is 10.4. The number of H-pyrrole nitrogens is 1. The number of nitrogens with zero attached hydrogens (tertiary/aromatic N) is 4. The number of hydrogen-bond donors (Lipinski definition) is 2. The number of halogens is 1. The van der Waals surface area contributed by atoms with Crippen LogP contribution in [0.5, 0.6) is 0 Å². The number of hydrogen-bond acceptors (Lipinski definition) is 5. The molecule has 0 aliphatic rings. The molecule has 4 rings (SSSR count). The van der Waals surface area contributed by atoms with Crippen molar-refractivity contribution in [2.75, 3.05) is 10.2 Å². The lowest BCUT2D eigenvalue weighted by atomic mass is 10.0. The quantitative estimate of drug-likeness (QED) is 0.319. The molecule has 0 bridgehead atoms. The van der Waals surface area contributed by atoms with Crippen molar-refractivity contribution in [3.8, 4) is 11.4 Å². The van der Waals surface area contributed by atoms with E-state index in [1.165, 1.54) is 0 Å². The molecule has 0 unspecified atom stereocenters. The summed E-state index contributed by atoms with van der Waals surface area (Å²) in [5, 5.41) is 11.1. The maximum atomic E-state index is 4.78. The Kier molecular flexibility index (Phi) is 6.00. The van der Waals surface area contributed by atoms with Gasteiger partial charge < -0.3 is 5.32 Å². The van der Waals surface area contributed by atoms with Crippen molar-refractivity contribution in [1.29, 1.82) is 0 Å². The molecule has 0 saturated carbocycles. The largest absolute Gasteiger partial charge is 0.307 e. The van der Waals surface area contributed by atoms with E-state index in [4.69, 9.17) is 9.97 Å². The Morgan fingerprint density at radius 1 is 0.852 bits per heavy atom. The zero-order valence-corrected chi connectivity index (χ0v) is 17.9. The number of alkyl halides is 1. The fraction of sp³-hybridized carbons (Fsp3) is 0.200. The molecule has 0 aliphatic carbocycles. The summed E-state index contributed by atoms with van der Waals surface area (Å²) in [5.74, 6) is 2.64. The van der Waals surface area contributed by atoms with Crippen LogP contribution in [0.1, 0.15) is 17.0 Å². The molecule has 138 valence electrons. The van der Waals surface area contributed by atoms with Gasteiger partial charge in [-0.3, -0.25) is 5.10 Å². The third-order valence-corrected chi connectivity index (χ3v) is 4.14. The number of benzene rings is 2. The standard InChI is InChI=1S/C19H18N6.CH3I/c1-11-7-6-8-12(2)16(11)18-21-15-10-5-4-9-14(15)17(22-18)23-19-20-13(3)24-25-19;1-2/h4-10H,1-3H3,(H2,20,21,22,23,24,25);1H3. The van der Waals surface area contributed by atoms with Gasteiger partial charge in [-0.2, -0.15) is 4.98 Å². The molecular formula is C20H21IN6. The lowest BCUT2D eigenvalue weighted by Gasteiger charge is -2.12. The third kappa shape index (κ3) is 4.08. The van der Waals surface area contributed by atoms with Crippen molar-refractivity contribution in [2.24, 2.45) is 0 Å². The first-order chi connectivity index (χ1) is 13.1. The predicted molar refractivity (Wildman–Crippen MR) is 119 cm³/mol. The number of aromatic amines is 1. The van der Waals surface area contributed by atoms with Crippen molar-refractivity contribution < 1.29 is 0 Å². The molecule has 6 nitrogen and oxygen atoms in total. The van der Waals surface area contributed by atoms with Crippen LogP contribution >= 0.6 is 22.6 Å². The third-order valence-electron chi connectivity index (χ3n) is 4.14. The fourth-order valence-corrected chi connectivity index (χ4v) is 2.96. The lowest BCUT2D eigenvalue weighted by molar-refractivity contribution is 1.04. The van der Waals surface area contributed by atoms with Gasteiger partial charge in [0.25, 0.3) is 0 Å². The van der Waals surface area contributed by atoms with Crippen LogP contribution in [0.15, 0.2) is 42.5 Å². The highest BCUT2D eigenvalue weighted by molar-refractivity contribution is 14.1. The van der Waals surface area contributed by atoms with E-state index in [9.17, 15) is 0 Å². The van der Waals surface area contributed by atoms with Crippen molar-refractivity contribution >= 4 is 45.3 Å². The Morgan fingerprint density at radius 3 is 2.22 bits per heavy atom. The van der Waals surface area contributed by atoms with Crippen molar-refractivity contribution in [1.82, 2.24) is 25.1 Å². The Bertz CT molecular complexity index is 1050. The second kappa shape index (κ2) is 8.43. The van der Waals surface area contributed by atoms with Gasteiger partial charge in [0.1, 0.15) is 11.6 Å². The molecular weight excluding hydrogens is 451 g/mol. The second-order valence-corrected chi connectivity index (χ2v) is 6.05. The molecule has 2 aromatic heterocycles. The van der Waals surface area contributed by atoms with E-state index in [0.717, 1.165) is 33.4 Å². The summed E-state index contributed by atoms with van der Waals surface area (Å²) in [7, 11) is 0. The average Bonchev–Trinajstić information content (AvgIpc) is 3.08. The number of rotatable bonds is 3. The second-order valence-electron chi connectivity index (χ2n) is 6.05. The molecule has 0 atom stereocenters. The molecule has 0 radical (unpaired) electrons. The van der Waals surface area contributed by atoms with Crippen LogP contribution in [-0.4, -0.2) is 30.1 Å². The zero-order chi connectivity index (χ0) is 19.4. The van der Waals surface area contributed by atoms with Gasteiger partial charge in [0, 0.05) is 10.9 Å². The van der Waals surface area contributed by atoms with Gasteiger partial charge >= 0.3 is 0 Å². The molecule has 2 aromatic carbocycles. The van der Waals surface area contributed by atoms with Gasteiger partial charge in [-0.25, -0.2) is 9.97 Å². The van der Waals surface area contributed by atoms with Crippen LogP contribution in [0.25, 0.3) is 22.3 Å². The number of anilines is 2. The minimum atomic E-state index is 0.494. The zero-order valence-electron chi connectivity index (χ0n) is 15.7. The van der Waals surface area contributed by atoms with Crippen LogP contribution in [0.2, 0.25) is 0 Å². The number of para-hydroxylation sites is 1. The van der Waals surface area contributed by atoms with Gasteiger partial charge in [-0.15, -0.1) is 5.10 Å². The number of aromatic nitrogens is 5. The topological polar surface area (TPSA) is 79.4 Å². The van der Waals surface area contributed by atoms with E-state index in [0.29, 0.717) is 17.6 Å². The molecule has 0 fully saturated rings. The Labute approximate surface area is 172 Å². The molecule has 0 spiro atoms. The molecule has 0 aliphatic heterocycles. The van der Waals surface area contributed by atoms with Crippen LogP contribution in [0.4, 0.5) is 11.8 Å². The summed E-state index contributed by atoms with van der Waals surface area (Å²) in [6.07, 6.45) is 0. The maximum absolute atomic E-state index is 4.78. The Hall–Kier alpha value is -2.55. The highest BCUT2D eigenvalue weighted by Gasteiger charge is 2.14. The summed E-state index contributed by atoms with van der Waals surface area (Å²) < 4.78 is 0. The van der Waals surface area contributed by atoms with Crippen LogP contribution < -0.4 is 5.32 Å². The summed E-state index contributed by atoms with van der Waals surface area (Å²) in [6.45, 7) is 6.01. The molecule has 27 heavy (non-hydrogen) atoms. The van der Waals surface area contributed by atoms with E-state index in [2.05, 4.69) is 69.1 Å². The van der Waals surface area contributed by atoms with Crippen LogP contribution in [-0.2, 0) is 0 Å². The minimum Gasteiger partial charge on any atom is -0.307 e. The molecule has 2 N–H and O–H groups in total. The first kappa shape index (κ1) is 19.2. The number of nitrogens with one attached hydrogen (secondary N) is 2.